The van der Waals surface area contributed by atoms with Crippen LogP contribution < -0.4 is 4.90 Å². The van der Waals surface area contributed by atoms with E-state index in [1.165, 1.54) is 6.08 Å². The molecule has 26 heavy (non-hydrogen) atoms. The van der Waals surface area contributed by atoms with E-state index in [1.54, 1.807) is 42.5 Å². The summed E-state index contributed by atoms with van der Waals surface area (Å²) in [5.41, 5.74) is 1.70. The average molecular weight is 496 g/mol. The van der Waals surface area contributed by atoms with Crippen molar-refractivity contribution in [3.8, 4) is 0 Å². The number of imide groups is 1. The molecule has 2 aromatic carbocycles. The lowest BCUT2D eigenvalue weighted by Gasteiger charge is -2.14. The number of ketones is 1. The van der Waals surface area contributed by atoms with Crippen LogP contribution in [0.1, 0.15) is 15.9 Å². The van der Waals surface area contributed by atoms with Crippen molar-refractivity contribution in [1.29, 1.82) is 0 Å². The molecule has 0 bridgehead atoms. The second kappa shape index (κ2) is 7.70. The molecule has 0 atom stereocenters. The standard InChI is InChI=1S/C19H10Br2ClNO3/c20-16-17(21)19(26)23(18(16)25)14-8-4-12(5-9-14)15(24)10-3-11-1-6-13(22)7-2-11/h1-10H/b10-3+. The number of hydrogen-bond acceptors (Lipinski definition) is 3. The average Bonchev–Trinajstić information content (AvgIpc) is 2.84. The highest BCUT2D eigenvalue weighted by atomic mass is 79.9. The number of nitrogens with zero attached hydrogens (tertiary/aromatic N) is 1. The SMILES string of the molecule is O=C(/C=C/c1ccc(Cl)cc1)c1ccc(N2C(=O)C(Br)=C(Br)C2=O)cc1. The molecule has 0 aliphatic carbocycles. The van der Waals surface area contributed by atoms with Gasteiger partial charge in [-0.1, -0.05) is 29.8 Å². The van der Waals surface area contributed by atoms with Crippen molar-refractivity contribution in [3.05, 3.63) is 79.7 Å². The minimum atomic E-state index is -0.455. The number of amides is 2. The molecule has 0 fully saturated rings. The number of allylic oxidation sites excluding steroid dienone is 1. The van der Waals surface area contributed by atoms with Gasteiger partial charge in [0.2, 0.25) is 0 Å². The molecule has 130 valence electrons. The van der Waals surface area contributed by atoms with Gasteiger partial charge in [0.05, 0.1) is 5.69 Å². The third kappa shape index (κ3) is 3.72. The highest BCUT2D eigenvalue weighted by Gasteiger charge is 2.36. The van der Waals surface area contributed by atoms with E-state index in [1.807, 2.05) is 12.1 Å². The Morgan fingerprint density at radius 2 is 1.42 bits per heavy atom. The number of halogens is 3. The van der Waals surface area contributed by atoms with Gasteiger partial charge < -0.3 is 0 Å². The lowest BCUT2D eigenvalue weighted by Crippen LogP contribution is -2.30. The van der Waals surface area contributed by atoms with Crippen molar-refractivity contribution in [3.63, 3.8) is 0 Å². The molecule has 0 radical (unpaired) electrons. The summed E-state index contributed by atoms with van der Waals surface area (Å²) in [7, 11) is 0. The zero-order chi connectivity index (χ0) is 18.8. The fourth-order valence-electron chi connectivity index (χ4n) is 2.33. The Morgan fingerprint density at radius 1 is 0.885 bits per heavy atom. The van der Waals surface area contributed by atoms with Crippen LogP contribution in [-0.2, 0) is 9.59 Å². The van der Waals surface area contributed by atoms with E-state index in [2.05, 4.69) is 31.9 Å². The van der Waals surface area contributed by atoms with Crippen LogP contribution in [0.2, 0.25) is 5.02 Å². The van der Waals surface area contributed by atoms with Crippen LogP contribution >= 0.6 is 43.5 Å². The molecular formula is C19H10Br2ClNO3. The maximum atomic E-state index is 12.3. The summed E-state index contributed by atoms with van der Waals surface area (Å²) >= 11 is 12.0. The van der Waals surface area contributed by atoms with E-state index in [-0.39, 0.29) is 14.7 Å². The molecule has 0 aromatic heterocycles. The van der Waals surface area contributed by atoms with Gasteiger partial charge in [-0.15, -0.1) is 0 Å². The number of benzene rings is 2. The Kier molecular flexibility index (Phi) is 5.55. The fraction of sp³-hybridized carbons (Fsp3) is 0. The summed E-state index contributed by atoms with van der Waals surface area (Å²) in [5, 5.41) is 0.628. The van der Waals surface area contributed by atoms with Crippen LogP contribution in [0.3, 0.4) is 0 Å². The lowest BCUT2D eigenvalue weighted by atomic mass is 10.1. The first-order valence-corrected chi connectivity index (χ1v) is 9.37. The van der Waals surface area contributed by atoms with Crippen molar-refractivity contribution in [1.82, 2.24) is 0 Å². The molecule has 0 unspecified atom stereocenters. The minimum absolute atomic E-state index is 0.175. The van der Waals surface area contributed by atoms with Gasteiger partial charge in [0.1, 0.15) is 8.96 Å². The van der Waals surface area contributed by atoms with Crippen molar-refractivity contribution in [2.75, 3.05) is 4.90 Å². The first kappa shape index (κ1) is 18.8. The molecule has 2 amide bonds. The maximum Gasteiger partial charge on any atom is 0.273 e. The van der Waals surface area contributed by atoms with E-state index < -0.39 is 11.8 Å². The van der Waals surface area contributed by atoms with Gasteiger partial charge in [-0.3, -0.25) is 14.4 Å². The quantitative estimate of drug-likeness (QED) is 0.337. The van der Waals surface area contributed by atoms with Gasteiger partial charge in [-0.25, -0.2) is 4.90 Å². The first-order valence-electron chi connectivity index (χ1n) is 7.40. The van der Waals surface area contributed by atoms with Crippen LogP contribution in [-0.4, -0.2) is 17.6 Å². The summed E-state index contributed by atoms with van der Waals surface area (Å²) in [6.07, 6.45) is 3.15. The zero-order valence-electron chi connectivity index (χ0n) is 13.1. The molecule has 1 aliphatic heterocycles. The molecule has 1 aliphatic rings. The van der Waals surface area contributed by atoms with E-state index in [0.29, 0.717) is 16.3 Å². The van der Waals surface area contributed by atoms with Gasteiger partial charge in [0.15, 0.2) is 5.78 Å². The van der Waals surface area contributed by atoms with Crippen LogP contribution in [0.25, 0.3) is 6.08 Å². The van der Waals surface area contributed by atoms with Gasteiger partial charge in [0, 0.05) is 10.6 Å². The summed E-state index contributed by atoms with van der Waals surface area (Å²) in [4.78, 5) is 37.5. The van der Waals surface area contributed by atoms with Crippen molar-refractivity contribution in [2.24, 2.45) is 0 Å². The predicted octanol–water partition coefficient (Wildman–Crippen LogP) is 5.11. The Labute approximate surface area is 171 Å². The molecule has 7 heteroatoms. The Morgan fingerprint density at radius 3 is 1.96 bits per heavy atom. The number of carbonyl (C=O) groups is 3. The van der Waals surface area contributed by atoms with E-state index in [0.717, 1.165) is 10.5 Å². The Bertz CT molecular complexity index is 939. The molecular weight excluding hydrogens is 485 g/mol. The van der Waals surface area contributed by atoms with Gasteiger partial charge >= 0.3 is 0 Å². The van der Waals surface area contributed by atoms with Crippen molar-refractivity contribution in [2.45, 2.75) is 0 Å². The van der Waals surface area contributed by atoms with Crippen molar-refractivity contribution >= 4 is 72.8 Å². The molecule has 0 saturated heterocycles. The lowest BCUT2D eigenvalue weighted by molar-refractivity contribution is -0.120. The number of rotatable bonds is 4. The molecule has 0 saturated carbocycles. The Balaban J connectivity index is 1.75. The van der Waals surface area contributed by atoms with Gasteiger partial charge in [0.25, 0.3) is 11.8 Å². The molecule has 0 spiro atoms. The fourth-order valence-corrected chi connectivity index (χ4v) is 3.15. The third-order valence-corrected chi connectivity index (χ3v) is 5.94. The molecule has 2 aromatic rings. The molecule has 4 nitrogen and oxygen atoms in total. The van der Waals surface area contributed by atoms with Crippen LogP contribution in [0.5, 0.6) is 0 Å². The summed E-state index contributed by atoms with van der Waals surface area (Å²) < 4.78 is 0.349. The summed E-state index contributed by atoms with van der Waals surface area (Å²) in [5.74, 6) is -1.10. The summed E-state index contributed by atoms with van der Waals surface area (Å²) in [6, 6.07) is 13.4. The van der Waals surface area contributed by atoms with Gasteiger partial charge in [-0.2, -0.15) is 0 Å². The third-order valence-electron chi connectivity index (χ3n) is 3.68. The van der Waals surface area contributed by atoms with Gasteiger partial charge in [-0.05, 0) is 79.9 Å². The second-order valence-corrected chi connectivity index (χ2v) is 7.39. The highest BCUT2D eigenvalue weighted by molar-refractivity contribution is 9.14. The smallest absolute Gasteiger partial charge is 0.273 e. The topological polar surface area (TPSA) is 54.5 Å². The maximum absolute atomic E-state index is 12.3. The van der Waals surface area contributed by atoms with E-state index in [4.69, 9.17) is 11.6 Å². The number of carbonyl (C=O) groups excluding carboxylic acids is 3. The first-order chi connectivity index (χ1) is 12.4. The molecule has 1 heterocycles. The zero-order valence-corrected chi connectivity index (χ0v) is 17.0. The second-order valence-electron chi connectivity index (χ2n) is 5.37. The normalized spacial score (nSPS) is 14.7. The monoisotopic (exact) mass is 493 g/mol. The van der Waals surface area contributed by atoms with E-state index in [9.17, 15) is 14.4 Å². The highest BCUT2D eigenvalue weighted by Crippen LogP contribution is 2.33. The number of anilines is 1. The Hall–Kier alpha value is -2.02. The van der Waals surface area contributed by atoms with Crippen molar-refractivity contribution < 1.29 is 14.4 Å². The van der Waals surface area contributed by atoms with Crippen LogP contribution in [0.15, 0.2) is 63.6 Å². The van der Waals surface area contributed by atoms with Crippen LogP contribution in [0, 0.1) is 0 Å². The largest absolute Gasteiger partial charge is 0.289 e. The van der Waals surface area contributed by atoms with E-state index >= 15 is 0 Å². The van der Waals surface area contributed by atoms with Crippen LogP contribution in [0.4, 0.5) is 5.69 Å². The number of hydrogen-bond donors (Lipinski definition) is 0. The predicted molar refractivity (Wildman–Crippen MR) is 109 cm³/mol. The molecule has 0 N–H and O–H groups in total. The molecule has 3 rings (SSSR count). The minimum Gasteiger partial charge on any atom is -0.289 e. The summed E-state index contributed by atoms with van der Waals surface area (Å²) in [6.45, 7) is 0.